The number of carbonyl (C=O) groups is 1. The fraction of sp³-hybridized carbons (Fsp3) is 0.611. The average Bonchev–Trinajstić information content (AvgIpc) is 2.88. The first-order valence-electron chi connectivity index (χ1n) is 7.84. The third-order valence-electron chi connectivity index (χ3n) is 5.94. The lowest BCUT2D eigenvalue weighted by Crippen LogP contribution is -2.52. The summed E-state index contributed by atoms with van der Waals surface area (Å²) in [5, 5.41) is 13.2. The molecule has 2 aliphatic rings. The lowest BCUT2D eigenvalue weighted by atomic mass is 9.68. The Labute approximate surface area is 126 Å². The standard InChI is InChI=1S/C18H25NO2/c1-11-5-6-14(20)13(9-11)15(21)19-16-17(2,3)12-7-8-18(16,4)10-12/h5-6,9,12,16,20H,7-8,10H2,1-4H3,(H,19,21). The molecule has 3 rings (SSSR count). The number of nitrogens with one attached hydrogen (secondary N) is 1. The highest BCUT2D eigenvalue weighted by molar-refractivity contribution is 5.97. The first kappa shape index (κ1) is 14.4. The predicted octanol–water partition coefficient (Wildman–Crippen LogP) is 3.65. The van der Waals surface area contributed by atoms with Gasteiger partial charge in [-0.15, -0.1) is 0 Å². The molecule has 0 radical (unpaired) electrons. The van der Waals surface area contributed by atoms with Crippen LogP contribution in [0.1, 0.15) is 56.0 Å². The summed E-state index contributed by atoms with van der Waals surface area (Å²) in [7, 11) is 0. The van der Waals surface area contributed by atoms with Crippen LogP contribution >= 0.6 is 0 Å². The van der Waals surface area contributed by atoms with Gasteiger partial charge in [-0.3, -0.25) is 4.79 Å². The third kappa shape index (κ3) is 2.14. The first-order valence-corrected chi connectivity index (χ1v) is 7.84. The van der Waals surface area contributed by atoms with Crippen LogP contribution < -0.4 is 5.32 Å². The van der Waals surface area contributed by atoms with Gasteiger partial charge in [0.1, 0.15) is 5.75 Å². The van der Waals surface area contributed by atoms with Gasteiger partial charge in [0.2, 0.25) is 0 Å². The third-order valence-corrected chi connectivity index (χ3v) is 5.94. The highest BCUT2D eigenvalue weighted by atomic mass is 16.3. The molecule has 2 N–H and O–H groups in total. The number of hydrogen-bond donors (Lipinski definition) is 2. The number of phenolic OH excluding ortho intramolecular Hbond substituents is 1. The number of aromatic hydroxyl groups is 1. The molecular formula is C18H25NO2. The number of phenols is 1. The van der Waals surface area contributed by atoms with Crippen LogP contribution in [0.5, 0.6) is 5.75 Å². The molecule has 3 unspecified atom stereocenters. The molecule has 2 aliphatic carbocycles. The average molecular weight is 287 g/mol. The molecule has 2 saturated carbocycles. The van der Waals surface area contributed by atoms with Crippen molar-refractivity contribution in [2.24, 2.45) is 16.7 Å². The summed E-state index contributed by atoms with van der Waals surface area (Å²) in [6.07, 6.45) is 3.65. The molecule has 0 aromatic heterocycles. The van der Waals surface area contributed by atoms with Crippen LogP contribution in [-0.4, -0.2) is 17.1 Å². The van der Waals surface area contributed by atoms with Gasteiger partial charge in [-0.2, -0.15) is 0 Å². The molecule has 1 amide bonds. The molecular weight excluding hydrogens is 262 g/mol. The van der Waals surface area contributed by atoms with Crippen molar-refractivity contribution in [1.82, 2.24) is 5.32 Å². The van der Waals surface area contributed by atoms with Gasteiger partial charge in [-0.05, 0) is 55.1 Å². The minimum Gasteiger partial charge on any atom is -0.507 e. The Hall–Kier alpha value is -1.51. The zero-order valence-corrected chi connectivity index (χ0v) is 13.4. The minimum absolute atomic E-state index is 0.0595. The number of fused-ring (bicyclic) bond motifs is 2. The van der Waals surface area contributed by atoms with Gasteiger partial charge in [0.25, 0.3) is 5.91 Å². The largest absolute Gasteiger partial charge is 0.507 e. The van der Waals surface area contributed by atoms with Crippen LogP contribution in [0, 0.1) is 23.7 Å². The Morgan fingerprint density at radius 1 is 1.33 bits per heavy atom. The van der Waals surface area contributed by atoms with Crippen molar-refractivity contribution in [3.8, 4) is 5.75 Å². The van der Waals surface area contributed by atoms with E-state index in [0.29, 0.717) is 11.5 Å². The number of benzene rings is 1. The first-order chi connectivity index (χ1) is 9.74. The van der Waals surface area contributed by atoms with Crippen LogP contribution in [0.25, 0.3) is 0 Å². The van der Waals surface area contributed by atoms with Gasteiger partial charge < -0.3 is 10.4 Å². The number of hydrogen-bond acceptors (Lipinski definition) is 2. The van der Waals surface area contributed by atoms with Gasteiger partial charge in [-0.25, -0.2) is 0 Å². The fourth-order valence-electron chi connectivity index (χ4n) is 4.70. The molecule has 0 aliphatic heterocycles. The highest BCUT2D eigenvalue weighted by Crippen LogP contribution is 2.62. The topological polar surface area (TPSA) is 49.3 Å². The molecule has 3 atom stereocenters. The van der Waals surface area contributed by atoms with Crippen LogP contribution in [0.2, 0.25) is 0 Å². The molecule has 3 heteroatoms. The van der Waals surface area contributed by atoms with E-state index < -0.39 is 0 Å². The predicted molar refractivity (Wildman–Crippen MR) is 83.3 cm³/mol. The second-order valence-electron chi connectivity index (χ2n) is 7.84. The number of rotatable bonds is 2. The SMILES string of the molecule is Cc1ccc(O)c(C(=O)NC2C3(C)CCC(C3)C2(C)C)c1. The summed E-state index contributed by atoms with van der Waals surface area (Å²) in [5.74, 6) is 0.603. The van der Waals surface area contributed by atoms with E-state index in [-0.39, 0.29) is 28.5 Å². The van der Waals surface area contributed by atoms with E-state index in [1.54, 1.807) is 12.1 Å². The quantitative estimate of drug-likeness (QED) is 0.872. The Morgan fingerprint density at radius 3 is 2.67 bits per heavy atom. The molecule has 114 valence electrons. The number of aryl methyl sites for hydroxylation is 1. The summed E-state index contributed by atoms with van der Waals surface area (Å²) in [5.41, 5.74) is 1.69. The molecule has 1 aromatic rings. The molecule has 0 heterocycles. The molecule has 1 aromatic carbocycles. The van der Waals surface area contributed by atoms with Crippen molar-refractivity contribution < 1.29 is 9.90 Å². The second kappa shape index (κ2) is 4.49. The minimum atomic E-state index is -0.150. The summed E-state index contributed by atoms with van der Waals surface area (Å²) in [6, 6.07) is 5.34. The van der Waals surface area contributed by atoms with Gasteiger partial charge in [0.05, 0.1) is 5.56 Å². The molecule has 2 fully saturated rings. The van der Waals surface area contributed by atoms with E-state index in [9.17, 15) is 9.90 Å². The van der Waals surface area contributed by atoms with E-state index in [0.717, 1.165) is 5.56 Å². The normalized spacial score (nSPS) is 33.1. The molecule has 0 spiro atoms. The Balaban J connectivity index is 1.86. The van der Waals surface area contributed by atoms with Gasteiger partial charge >= 0.3 is 0 Å². The van der Waals surface area contributed by atoms with Crippen LogP contribution in [-0.2, 0) is 0 Å². The van der Waals surface area contributed by atoms with E-state index in [2.05, 4.69) is 26.1 Å². The smallest absolute Gasteiger partial charge is 0.255 e. The molecule has 3 nitrogen and oxygen atoms in total. The molecule has 0 saturated heterocycles. The van der Waals surface area contributed by atoms with Gasteiger partial charge in [-0.1, -0.05) is 32.4 Å². The molecule has 2 bridgehead atoms. The van der Waals surface area contributed by atoms with E-state index in [1.807, 2.05) is 13.0 Å². The van der Waals surface area contributed by atoms with Crippen molar-refractivity contribution in [1.29, 1.82) is 0 Å². The highest BCUT2D eigenvalue weighted by Gasteiger charge is 2.59. The lowest BCUT2D eigenvalue weighted by Gasteiger charge is -2.43. The van der Waals surface area contributed by atoms with Crippen molar-refractivity contribution in [3.05, 3.63) is 29.3 Å². The Morgan fingerprint density at radius 2 is 2.05 bits per heavy atom. The van der Waals surface area contributed by atoms with Crippen LogP contribution in [0.3, 0.4) is 0 Å². The maximum Gasteiger partial charge on any atom is 0.255 e. The lowest BCUT2D eigenvalue weighted by molar-refractivity contribution is 0.0735. The summed E-state index contributed by atoms with van der Waals surface area (Å²) < 4.78 is 0. The molecule has 21 heavy (non-hydrogen) atoms. The Bertz CT molecular complexity index is 588. The summed E-state index contributed by atoms with van der Waals surface area (Å²) in [6.45, 7) is 8.76. The van der Waals surface area contributed by atoms with Gasteiger partial charge in [0, 0.05) is 6.04 Å². The van der Waals surface area contributed by atoms with Crippen molar-refractivity contribution >= 4 is 5.91 Å². The van der Waals surface area contributed by atoms with Crippen molar-refractivity contribution in [2.45, 2.75) is 53.0 Å². The van der Waals surface area contributed by atoms with Gasteiger partial charge in [0.15, 0.2) is 0 Å². The number of carbonyl (C=O) groups excluding carboxylic acids is 1. The zero-order chi connectivity index (χ0) is 15.4. The van der Waals surface area contributed by atoms with E-state index in [4.69, 9.17) is 0 Å². The summed E-state index contributed by atoms with van der Waals surface area (Å²) in [4.78, 5) is 12.6. The van der Waals surface area contributed by atoms with E-state index in [1.165, 1.54) is 19.3 Å². The Kier molecular flexibility index (Phi) is 3.09. The fourth-order valence-corrected chi connectivity index (χ4v) is 4.70. The summed E-state index contributed by atoms with van der Waals surface area (Å²) >= 11 is 0. The van der Waals surface area contributed by atoms with Crippen molar-refractivity contribution in [3.63, 3.8) is 0 Å². The van der Waals surface area contributed by atoms with Crippen LogP contribution in [0.15, 0.2) is 18.2 Å². The monoisotopic (exact) mass is 287 g/mol. The maximum absolute atomic E-state index is 12.6. The second-order valence-corrected chi connectivity index (χ2v) is 7.84. The maximum atomic E-state index is 12.6. The van der Waals surface area contributed by atoms with Crippen molar-refractivity contribution in [2.75, 3.05) is 0 Å². The zero-order valence-electron chi connectivity index (χ0n) is 13.4. The van der Waals surface area contributed by atoms with E-state index >= 15 is 0 Å². The van der Waals surface area contributed by atoms with Crippen LogP contribution in [0.4, 0.5) is 0 Å². The number of amides is 1.